The summed E-state index contributed by atoms with van der Waals surface area (Å²) < 4.78 is 0. The molecular formula is C8H8N2O2. The molecule has 12 heavy (non-hydrogen) atoms. The Labute approximate surface area is 69.6 Å². The molecule has 0 radical (unpaired) electrons. The minimum Gasteiger partial charge on any atom is -0.472 e. The zero-order valence-electron chi connectivity index (χ0n) is 6.80. The number of aliphatic carboxylic acids is 1. The molecule has 1 aromatic rings. The highest BCUT2D eigenvalue weighted by Crippen LogP contribution is 2.06. The lowest BCUT2D eigenvalue weighted by atomic mass is 10.2. The van der Waals surface area contributed by atoms with E-state index in [1.807, 2.05) is 5.92 Å². The number of carboxylic acid groups (broad SMARTS) is 1. The third-order valence-electron chi connectivity index (χ3n) is 1.42. The van der Waals surface area contributed by atoms with E-state index in [1.54, 1.807) is 13.8 Å². The SMILES string of the molecule is Cc1n[nH]c(C)c1C#CC(=O)O. The quantitative estimate of drug-likeness (QED) is 0.547. The molecule has 0 fully saturated rings. The van der Waals surface area contributed by atoms with Gasteiger partial charge in [0.15, 0.2) is 0 Å². The van der Waals surface area contributed by atoms with Crippen LogP contribution in [0.2, 0.25) is 0 Å². The maximum atomic E-state index is 10.1. The van der Waals surface area contributed by atoms with Gasteiger partial charge in [0.05, 0.1) is 11.3 Å². The number of aromatic amines is 1. The van der Waals surface area contributed by atoms with E-state index < -0.39 is 5.97 Å². The molecule has 1 aromatic heterocycles. The van der Waals surface area contributed by atoms with Crippen LogP contribution in [-0.2, 0) is 4.79 Å². The third-order valence-corrected chi connectivity index (χ3v) is 1.42. The van der Waals surface area contributed by atoms with Gasteiger partial charge in [-0.05, 0) is 13.8 Å². The van der Waals surface area contributed by atoms with Crippen LogP contribution in [0.15, 0.2) is 0 Å². The number of nitrogens with one attached hydrogen (secondary N) is 1. The molecule has 0 aliphatic carbocycles. The number of hydrogen-bond donors (Lipinski definition) is 2. The molecule has 0 aliphatic rings. The first kappa shape index (κ1) is 8.34. The predicted octanol–water partition coefficient (Wildman–Crippen LogP) is 0.463. The third kappa shape index (κ3) is 1.64. The van der Waals surface area contributed by atoms with Crippen LogP contribution in [0.3, 0.4) is 0 Å². The molecule has 0 atom stereocenters. The van der Waals surface area contributed by atoms with Gasteiger partial charge in [0.1, 0.15) is 0 Å². The van der Waals surface area contributed by atoms with Gasteiger partial charge in [-0.3, -0.25) is 5.10 Å². The molecule has 0 spiro atoms. The van der Waals surface area contributed by atoms with Crippen molar-refractivity contribution in [2.24, 2.45) is 0 Å². The number of carboxylic acids is 1. The second-order valence-corrected chi connectivity index (χ2v) is 2.36. The maximum Gasteiger partial charge on any atom is 0.382 e. The van der Waals surface area contributed by atoms with E-state index in [1.165, 1.54) is 0 Å². The van der Waals surface area contributed by atoms with E-state index in [9.17, 15) is 4.79 Å². The highest BCUT2D eigenvalue weighted by Gasteiger charge is 2.01. The Hall–Kier alpha value is -1.76. The summed E-state index contributed by atoms with van der Waals surface area (Å²) in [6.07, 6.45) is 0. The summed E-state index contributed by atoms with van der Waals surface area (Å²) in [6.45, 7) is 3.57. The van der Waals surface area contributed by atoms with Crippen molar-refractivity contribution in [2.45, 2.75) is 13.8 Å². The monoisotopic (exact) mass is 164 g/mol. The number of aromatic nitrogens is 2. The Morgan fingerprint density at radius 1 is 1.58 bits per heavy atom. The molecule has 0 amide bonds. The van der Waals surface area contributed by atoms with Gasteiger partial charge in [0.2, 0.25) is 0 Å². The molecule has 1 heterocycles. The van der Waals surface area contributed by atoms with Gasteiger partial charge >= 0.3 is 5.97 Å². The standard InChI is InChI=1S/C8H8N2O2/c1-5-7(3-4-8(11)12)6(2)10-9-5/h1-2H3,(H,9,10)(H,11,12). The molecular weight excluding hydrogens is 156 g/mol. The molecule has 62 valence electrons. The van der Waals surface area contributed by atoms with Crippen molar-refractivity contribution < 1.29 is 9.90 Å². The number of rotatable bonds is 0. The fourth-order valence-electron chi connectivity index (χ4n) is 0.851. The van der Waals surface area contributed by atoms with E-state index in [4.69, 9.17) is 5.11 Å². The van der Waals surface area contributed by atoms with Crippen molar-refractivity contribution in [2.75, 3.05) is 0 Å². The highest BCUT2D eigenvalue weighted by atomic mass is 16.4. The molecule has 0 saturated carbocycles. The Morgan fingerprint density at radius 2 is 2.25 bits per heavy atom. The fraction of sp³-hybridized carbons (Fsp3) is 0.250. The lowest BCUT2D eigenvalue weighted by Crippen LogP contribution is -1.88. The zero-order valence-corrected chi connectivity index (χ0v) is 6.80. The van der Waals surface area contributed by atoms with Crippen molar-refractivity contribution >= 4 is 5.97 Å². The first-order valence-electron chi connectivity index (χ1n) is 3.37. The lowest BCUT2D eigenvalue weighted by molar-refractivity contribution is -0.130. The molecule has 0 bridgehead atoms. The van der Waals surface area contributed by atoms with Crippen LogP contribution in [0.5, 0.6) is 0 Å². The smallest absolute Gasteiger partial charge is 0.382 e. The van der Waals surface area contributed by atoms with Crippen molar-refractivity contribution in [1.82, 2.24) is 10.2 Å². The van der Waals surface area contributed by atoms with Gasteiger partial charge in [0, 0.05) is 11.6 Å². The Bertz CT molecular complexity index is 349. The Kier molecular flexibility index (Phi) is 2.15. The molecule has 0 unspecified atom stereocenters. The van der Waals surface area contributed by atoms with E-state index in [0.29, 0.717) is 5.56 Å². The van der Waals surface area contributed by atoms with Gasteiger partial charge in [-0.2, -0.15) is 5.10 Å². The molecule has 0 saturated heterocycles. The van der Waals surface area contributed by atoms with Gasteiger partial charge < -0.3 is 5.11 Å². The summed E-state index contributed by atoms with van der Waals surface area (Å²) in [5.74, 6) is 3.42. The maximum absolute atomic E-state index is 10.1. The number of aryl methyl sites for hydroxylation is 2. The first-order chi connectivity index (χ1) is 5.61. The van der Waals surface area contributed by atoms with Crippen LogP contribution in [-0.4, -0.2) is 21.3 Å². The van der Waals surface area contributed by atoms with Gasteiger partial charge in [0.25, 0.3) is 0 Å². The minimum absolute atomic E-state index is 0.664. The average Bonchev–Trinajstić information content (AvgIpc) is 2.28. The fourth-order valence-corrected chi connectivity index (χ4v) is 0.851. The number of nitrogens with zero attached hydrogens (tertiary/aromatic N) is 1. The van der Waals surface area contributed by atoms with Gasteiger partial charge in [-0.15, -0.1) is 0 Å². The summed E-state index contributed by atoms with van der Waals surface area (Å²) in [5, 5.41) is 14.9. The highest BCUT2D eigenvalue weighted by molar-refractivity contribution is 5.87. The van der Waals surface area contributed by atoms with E-state index in [-0.39, 0.29) is 0 Å². The Balaban J connectivity index is 3.05. The molecule has 1 rings (SSSR count). The van der Waals surface area contributed by atoms with E-state index in [0.717, 1.165) is 11.4 Å². The second-order valence-electron chi connectivity index (χ2n) is 2.36. The molecule has 0 aliphatic heterocycles. The lowest BCUT2D eigenvalue weighted by Gasteiger charge is -1.84. The van der Waals surface area contributed by atoms with Crippen molar-refractivity contribution in [3.63, 3.8) is 0 Å². The molecule has 4 heteroatoms. The summed E-state index contributed by atoms with van der Waals surface area (Å²) >= 11 is 0. The number of carbonyl (C=O) groups is 1. The van der Waals surface area contributed by atoms with Crippen LogP contribution >= 0.6 is 0 Å². The largest absolute Gasteiger partial charge is 0.472 e. The average molecular weight is 164 g/mol. The predicted molar refractivity (Wildman–Crippen MR) is 42.6 cm³/mol. The number of hydrogen-bond acceptors (Lipinski definition) is 2. The van der Waals surface area contributed by atoms with Crippen LogP contribution in [0, 0.1) is 25.7 Å². The topological polar surface area (TPSA) is 66.0 Å². The molecule has 4 nitrogen and oxygen atoms in total. The normalized spacial score (nSPS) is 8.83. The van der Waals surface area contributed by atoms with Crippen LogP contribution in [0.4, 0.5) is 0 Å². The van der Waals surface area contributed by atoms with E-state index >= 15 is 0 Å². The van der Waals surface area contributed by atoms with Crippen LogP contribution < -0.4 is 0 Å². The van der Waals surface area contributed by atoms with E-state index in [2.05, 4.69) is 16.1 Å². The summed E-state index contributed by atoms with van der Waals surface area (Å²) in [5.41, 5.74) is 2.18. The molecule has 2 N–H and O–H groups in total. The Morgan fingerprint density at radius 3 is 2.67 bits per heavy atom. The van der Waals surface area contributed by atoms with Crippen LogP contribution in [0.25, 0.3) is 0 Å². The summed E-state index contributed by atoms with van der Waals surface area (Å²) in [7, 11) is 0. The summed E-state index contributed by atoms with van der Waals surface area (Å²) in [4.78, 5) is 10.1. The number of H-pyrrole nitrogens is 1. The van der Waals surface area contributed by atoms with Crippen molar-refractivity contribution in [3.05, 3.63) is 17.0 Å². The first-order valence-corrected chi connectivity index (χ1v) is 3.37. The summed E-state index contributed by atoms with van der Waals surface area (Å²) in [6, 6.07) is 0. The van der Waals surface area contributed by atoms with Crippen LogP contribution in [0.1, 0.15) is 17.0 Å². The van der Waals surface area contributed by atoms with Crippen molar-refractivity contribution in [3.8, 4) is 11.8 Å². The minimum atomic E-state index is -1.13. The van der Waals surface area contributed by atoms with Gasteiger partial charge in [-0.1, -0.05) is 5.92 Å². The second kappa shape index (κ2) is 3.09. The zero-order chi connectivity index (χ0) is 9.14. The van der Waals surface area contributed by atoms with Gasteiger partial charge in [-0.25, -0.2) is 4.79 Å². The molecule has 0 aromatic carbocycles. The van der Waals surface area contributed by atoms with Crippen molar-refractivity contribution in [1.29, 1.82) is 0 Å².